The van der Waals surface area contributed by atoms with E-state index in [2.05, 4.69) is 5.32 Å². The summed E-state index contributed by atoms with van der Waals surface area (Å²) in [5, 5.41) is 4.24. The summed E-state index contributed by atoms with van der Waals surface area (Å²) in [5.74, 6) is 1.69. The van der Waals surface area contributed by atoms with Gasteiger partial charge < -0.3 is 14.5 Å². The van der Waals surface area contributed by atoms with Gasteiger partial charge in [-0.1, -0.05) is 11.6 Å². The van der Waals surface area contributed by atoms with Crippen LogP contribution in [0.1, 0.15) is 29.7 Å². The van der Waals surface area contributed by atoms with Gasteiger partial charge in [-0.2, -0.15) is 0 Å². The van der Waals surface area contributed by atoms with Gasteiger partial charge in [0.05, 0.1) is 6.26 Å². The Kier molecular flexibility index (Phi) is 3.99. The van der Waals surface area contributed by atoms with Crippen LogP contribution in [0.25, 0.3) is 0 Å². The van der Waals surface area contributed by atoms with Crippen molar-refractivity contribution in [2.45, 2.75) is 39.0 Å². The minimum atomic E-state index is 0.440. The fourth-order valence-electron chi connectivity index (χ4n) is 2.05. The Balaban J connectivity index is 1.59. The number of nitrogens with one attached hydrogen (secondary N) is 1. The van der Waals surface area contributed by atoms with Crippen molar-refractivity contribution in [1.82, 2.24) is 5.32 Å². The molecule has 1 aromatic carbocycles. The SMILES string of the molecule is Cc1cc(OCc2occc2CNC2CC2)ccc1Cl. The first-order valence-corrected chi connectivity index (χ1v) is 7.28. The zero-order valence-corrected chi connectivity index (χ0v) is 12.2. The smallest absolute Gasteiger partial charge is 0.146 e. The molecule has 1 saturated carbocycles. The Morgan fingerprint density at radius 1 is 1.35 bits per heavy atom. The summed E-state index contributed by atoms with van der Waals surface area (Å²) in [6, 6.07) is 8.36. The van der Waals surface area contributed by atoms with E-state index >= 15 is 0 Å². The Bertz CT molecular complexity index is 590. The molecule has 1 aromatic heterocycles. The van der Waals surface area contributed by atoms with Gasteiger partial charge in [-0.25, -0.2) is 0 Å². The number of rotatable bonds is 6. The van der Waals surface area contributed by atoms with Crippen LogP contribution in [-0.2, 0) is 13.2 Å². The van der Waals surface area contributed by atoms with E-state index in [4.69, 9.17) is 20.8 Å². The number of halogens is 1. The third kappa shape index (κ3) is 3.35. The van der Waals surface area contributed by atoms with Crippen molar-refractivity contribution in [2.75, 3.05) is 0 Å². The highest BCUT2D eigenvalue weighted by Gasteiger charge is 2.21. The summed E-state index contributed by atoms with van der Waals surface area (Å²) in [4.78, 5) is 0. The molecule has 0 aliphatic heterocycles. The molecule has 0 saturated heterocycles. The van der Waals surface area contributed by atoms with Crippen molar-refractivity contribution in [3.63, 3.8) is 0 Å². The van der Waals surface area contributed by atoms with E-state index in [0.717, 1.165) is 28.6 Å². The average molecular weight is 292 g/mol. The van der Waals surface area contributed by atoms with Gasteiger partial charge in [0.15, 0.2) is 0 Å². The van der Waals surface area contributed by atoms with Crippen molar-refractivity contribution in [3.8, 4) is 5.75 Å². The molecule has 0 unspecified atom stereocenters. The molecule has 20 heavy (non-hydrogen) atoms. The predicted molar refractivity (Wildman–Crippen MR) is 79.1 cm³/mol. The Morgan fingerprint density at radius 3 is 2.95 bits per heavy atom. The van der Waals surface area contributed by atoms with Crippen LogP contribution in [0, 0.1) is 6.92 Å². The van der Waals surface area contributed by atoms with Crippen molar-refractivity contribution in [2.24, 2.45) is 0 Å². The van der Waals surface area contributed by atoms with Crippen LogP contribution >= 0.6 is 11.6 Å². The molecule has 1 aliphatic carbocycles. The van der Waals surface area contributed by atoms with Gasteiger partial charge in [-0.05, 0) is 49.6 Å². The Morgan fingerprint density at radius 2 is 2.20 bits per heavy atom. The molecule has 4 heteroatoms. The van der Waals surface area contributed by atoms with Crippen LogP contribution in [0.5, 0.6) is 5.75 Å². The number of ether oxygens (including phenoxy) is 1. The average Bonchev–Trinajstić information content (AvgIpc) is 3.16. The number of hydrogen-bond acceptors (Lipinski definition) is 3. The highest BCUT2D eigenvalue weighted by Crippen LogP contribution is 2.23. The van der Waals surface area contributed by atoms with Crippen LogP contribution in [0.2, 0.25) is 5.02 Å². The molecule has 1 heterocycles. The molecule has 3 rings (SSSR count). The maximum atomic E-state index is 6.00. The Labute approximate surface area is 123 Å². The van der Waals surface area contributed by atoms with E-state index in [9.17, 15) is 0 Å². The lowest BCUT2D eigenvalue weighted by Gasteiger charge is -2.08. The summed E-state index contributed by atoms with van der Waals surface area (Å²) in [6.07, 6.45) is 4.29. The van der Waals surface area contributed by atoms with Gasteiger partial charge in [-0.15, -0.1) is 0 Å². The van der Waals surface area contributed by atoms with Crippen LogP contribution in [0.3, 0.4) is 0 Å². The lowest BCUT2D eigenvalue weighted by Crippen LogP contribution is -2.16. The largest absolute Gasteiger partial charge is 0.486 e. The van der Waals surface area contributed by atoms with Gasteiger partial charge in [-0.3, -0.25) is 0 Å². The zero-order chi connectivity index (χ0) is 13.9. The standard InChI is InChI=1S/C16H18ClNO2/c1-11-8-14(4-5-15(11)17)20-10-16-12(6-7-19-16)9-18-13-2-3-13/h4-8,13,18H,2-3,9-10H2,1H3. The summed E-state index contributed by atoms with van der Waals surface area (Å²) >= 11 is 6.00. The van der Waals surface area contributed by atoms with Crippen LogP contribution in [-0.4, -0.2) is 6.04 Å². The topological polar surface area (TPSA) is 34.4 Å². The van der Waals surface area contributed by atoms with Gasteiger partial charge in [0, 0.05) is 23.2 Å². The second-order valence-corrected chi connectivity index (χ2v) is 5.63. The van der Waals surface area contributed by atoms with Gasteiger partial charge in [0.1, 0.15) is 18.1 Å². The van der Waals surface area contributed by atoms with Crippen molar-refractivity contribution < 1.29 is 9.15 Å². The fourth-order valence-corrected chi connectivity index (χ4v) is 2.17. The molecule has 1 fully saturated rings. The molecule has 0 spiro atoms. The van der Waals surface area contributed by atoms with E-state index in [0.29, 0.717) is 12.6 Å². The van der Waals surface area contributed by atoms with Gasteiger partial charge in [0.25, 0.3) is 0 Å². The minimum Gasteiger partial charge on any atom is -0.486 e. The molecule has 0 bridgehead atoms. The normalized spacial score (nSPS) is 14.5. The summed E-state index contributed by atoms with van der Waals surface area (Å²) < 4.78 is 11.3. The minimum absolute atomic E-state index is 0.440. The van der Waals surface area contributed by atoms with Crippen molar-refractivity contribution >= 4 is 11.6 Å². The molecule has 3 nitrogen and oxygen atoms in total. The van der Waals surface area contributed by atoms with Gasteiger partial charge >= 0.3 is 0 Å². The molecule has 0 radical (unpaired) electrons. The lowest BCUT2D eigenvalue weighted by molar-refractivity contribution is 0.268. The quantitative estimate of drug-likeness (QED) is 0.871. The lowest BCUT2D eigenvalue weighted by atomic mass is 10.2. The van der Waals surface area contributed by atoms with Crippen LogP contribution in [0.4, 0.5) is 0 Å². The van der Waals surface area contributed by atoms with Crippen molar-refractivity contribution in [3.05, 3.63) is 52.4 Å². The molecular weight excluding hydrogens is 274 g/mol. The first-order chi connectivity index (χ1) is 9.72. The second kappa shape index (κ2) is 5.90. The van der Waals surface area contributed by atoms with Crippen molar-refractivity contribution in [1.29, 1.82) is 0 Å². The maximum absolute atomic E-state index is 6.00. The highest BCUT2D eigenvalue weighted by atomic mass is 35.5. The van der Waals surface area contributed by atoms with E-state index in [1.165, 1.54) is 18.4 Å². The van der Waals surface area contributed by atoms with Gasteiger partial charge in [0.2, 0.25) is 0 Å². The number of hydrogen-bond donors (Lipinski definition) is 1. The first-order valence-electron chi connectivity index (χ1n) is 6.90. The monoisotopic (exact) mass is 291 g/mol. The van der Waals surface area contributed by atoms with Crippen LogP contribution < -0.4 is 10.1 Å². The first kappa shape index (κ1) is 13.5. The summed E-state index contributed by atoms with van der Waals surface area (Å²) in [6.45, 7) is 3.25. The Hall–Kier alpha value is -1.45. The number of benzene rings is 1. The molecule has 1 N–H and O–H groups in total. The molecule has 1 aliphatic rings. The number of furan rings is 1. The summed E-state index contributed by atoms with van der Waals surface area (Å²) in [7, 11) is 0. The molecule has 2 aromatic rings. The second-order valence-electron chi connectivity index (χ2n) is 5.22. The molecule has 0 amide bonds. The van der Waals surface area contributed by atoms with E-state index < -0.39 is 0 Å². The zero-order valence-electron chi connectivity index (χ0n) is 11.5. The highest BCUT2D eigenvalue weighted by molar-refractivity contribution is 6.31. The van der Waals surface area contributed by atoms with E-state index in [-0.39, 0.29) is 0 Å². The van der Waals surface area contributed by atoms with E-state index in [1.54, 1.807) is 6.26 Å². The summed E-state index contributed by atoms with van der Waals surface area (Å²) in [5.41, 5.74) is 2.18. The third-order valence-electron chi connectivity index (χ3n) is 3.50. The van der Waals surface area contributed by atoms with E-state index in [1.807, 2.05) is 31.2 Å². The predicted octanol–water partition coefficient (Wildman–Crippen LogP) is 4.07. The van der Waals surface area contributed by atoms with Crippen LogP contribution in [0.15, 0.2) is 34.9 Å². The molecule has 0 atom stereocenters. The third-order valence-corrected chi connectivity index (χ3v) is 3.92. The fraction of sp³-hybridized carbons (Fsp3) is 0.375. The number of aryl methyl sites for hydroxylation is 1. The maximum Gasteiger partial charge on any atom is 0.146 e. The molecular formula is C16H18ClNO2. The molecule has 106 valence electrons.